The number of nitrogens with zero attached hydrogens (tertiary/aromatic N) is 3. The van der Waals surface area contributed by atoms with Crippen molar-refractivity contribution in [3.8, 4) is 11.4 Å². The molecule has 0 aliphatic rings. The molecule has 0 saturated carbocycles. The van der Waals surface area contributed by atoms with E-state index in [0.717, 1.165) is 21.2 Å². The Kier molecular flexibility index (Phi) is 6.69. The van der Waals surface area contributed by atoms with Gasteiger partial charge in [-0.05, 0) is 75.6 Å². The molecule has 31 heavy (non-hydrogen) atoms. The number of carbonyl (C=O) groups excluding carboxylic acids is 1. The Morgan fingerprint density at radius 1 is 1.13 bits per heavy atom. The molecule has 1 aromatic heterocycles. The van der Waals surface area contributed by atoms with E-state index in [9.17, 15) is 9.59 Å². The summed E-state index contributed by atoms with van der Waals surface area (Å²) in [6, 6.07) is 11.3. The molecule has 7 nitrogen and oxygen atoms in total. The van der Waals surface area contributed by atoms with Crippen LogP contribution >= 0.6 is 15.9 Å². The fourth-order valence-electron chi connectivity index (χ4n) is 3.29. The highest BCUT2D eigenvalue weighted by Gasteiger charge is 2.32. The molecule has 0 fully saturated rings. The van der Waals surface area contributed by atoms with Gasteiger partial charge in [-0.1, -0.05) is 28.1 Å². The number of benzene rings is 2. The van der Waals surface area contributed by atoms with E-state index in [-0.39, 0.29) is 5.69 Å². The van der Waals surface area contributed by atoms with Gasteiger partial charge < -0.3 is 9.47 Å². The van der Waals surface area contributed by atoms with E-state index in [1.54, 1.807) is 25.3 Å². The Morgan fingerprint density at radius 2 is 1.74 bits per heavy atom. The van der Waals surface area contributed by atoms with Crippen LogP contribution < -0.4 is 10.4 Å². The number of aromatic nitrogens is 3. The Bertz CT molecular complexity index is 1120. The molecule has 3 rings (SSSR count). The van der Waals surface area contributed by atoms with Gasteiger partial charge in [0, 0.05) is 4.47 Å². The second-order valence-corrected chi connectivity index (χ2v) is 8.74. The van der Waals surface area contributed by atoms with Crippen LogP contribution in [0.15, 0.2) is 52.0 Å². The van der Waals surface area contributed by atoms with Crippen molar-refractivity contribution >= 4 is 21.9 Å². The van der Waals surface area contributed by atoms with Gasteiger partial charge in [0.1, 0.15) is 12.1 Å². The second-order valence-electron chi connectivity index (χ2n) is 7.82. The summed E-state index contributed by atoms with van der Waals surface area (Å²) in [6.07, 6.45) is 1.53. The van der Waals surface area contributed by atoms with Crippen molar-refractivity contribution in [3.63, 3.8) is 0 Å². The van der Waals surface area contributed by atoms with E-state index >= 15 is 0 Å². The first kappa shape index (κ1) is 22.8. The van der Waals surface area contributed by atoms with Gasteiger partial charge in [-0.25, -0.2) is 9.59 Å². The third kappa shape index (κ3) is 5.07. The molecular weight excluding hydrogens is 462 g/mol. The molecule has 8 heteroatoms. The normalized spacial score (nSPS) is 11.4. The highest BCUT2D eigenvalue weighted by molar-refractivity contribution is 9.10. The third-order valence-electron chi connectivity index (χ3n) is 4.80. The summed E-state index contributed by atoms with van der Waals surface area (Å²) in [5.74, 6) is 0.226. The lowest BCUT2D eigenvalue weighted by Gasteiger charge is -2.26. The van der Waals surface area contributed by atoms with Crippen LogP contribution in [0.3, 0.4) is 0 Å². The van der Waals surface area contributed by atoms with Crippen molar-refractivity contribution in [2.75, 3.05) is 6.61 Å². The predicted molar refractivity (Wildman–Crippen MR) is 122 cm³/mol. The zero-order chi connectivity index (χ0) is 22.8. The maximum absolute atomic E-state index is 12.8. The third-order valence-corrected chi connectivity index (χ3v) is 5.33. The molecular formula is C23H26BrN3O4. The molecule has 1 heterocycles. The van der Waals surface area contributed by atoms with Crippen LogP contribution in [-0.2, 0) is 16.1 Å². The van der Waals surface area contributed by atoms with Crippen molar-refractivity contribution in [1.29, 1.82) is 0 Å². The number of rotatable bonds is 7. The average molecular weight is 488 g/mol. The lowest BCUT2D eigenvalue weighted by atomic mass is 10.0. The molecule has 0 spiro atoms. The quantitative estimate of drug-likeness (QED) is 0.467. The Balaban J connectivity index is 1.84. The minimum absolute atomic E-state index is 0.221. The van der Waals surface area contributed by atoms with E-state index < -0.39 is 11.6 Å². The van der Waals surface area contributed by atoms with Crippen LogP contribution in [0.25, 0.3) is 5.69 Å². The summed E-state index contributed by atoms with van der Waals surface area (Å²) < 4.78 is 15.0. The Morgan fingerprint density at radius 3 is 2.32 bits per heavy atom. The minimum atomic E-state index is -1.10. The van der Waals surface area contributed by atoms with Gasteiger partial charge in [-0.3, -0.25) is 4.57 Å². The molecule has 0 atom stereocenters. The summed E-state index contributed by atoms with van der Waals surface area (Å²) in [5, 5.41) is 4.24. The molecule has 0 aliphatic heterocycles. The first-order valence-electron chi connectivity index (χ1n) is 9.99. The van der Waals surface area contributed by atoms with Gasteiger partial charge in [-0.2, -0.15) is 9.78 Å². The lowest BCUT2D eigenvalue weighted by molar-refractivity contribution is -0.158. The van der Waals surface area contributed by atoms with E-state index in [4.69, 9.17) is 9.47 Å². The highest BCUT2D eigenvalue weighted by atomic mass is 79.9. The maximum Gasteiger partial charge on any atom is 0.350 e. The van der Waals surface area contributed by atoms with Crippen molar-refractivity contribution in [2.45, 2.75) is 46.8 Å². The molecule has 0 aliphatic carbocycles. The Hall–Kier alpha value is -2.87. The fourth-order valence-corrected chi connectivity index (χ4v) is 3.56. The molecule has 0 bridgehead atoms. The number of ether oxygens (including phenoxy) is 2. The summed E-state index contributed by atoms with van der Waals surface area (Å²) in [4.78, 5) is 25.0. The van der Waals surface area contributed by atoms with Crippen LogP contribution in [0.2, 0.25) is 0 Å². The lowest BCUT2D eigenvalue weighted by Crippen LogP contribution is -2.40. The summed E-state index contributed by atoms with van der Waals surface area (Å²) >= 11 is 3.39. The van der Waals surface area contributed by atoms with E-state index in [2.05, 4.69) is 21.0 Å². The van der Waals surface area contributed by atoms with Gasteiger partial charge >= 0.3 is 11.7 Å². The van der Waals surface area contributed by atoms with E-state index in [1.165, 1.54) is 11.0 Å². The first-order chi connectivity index (χ1) is 14.6. The van der Waals surface area contributed by atoms with Gasteiger partial charge in [0.25, 0.3) is 0 Å². The SMILES string of the molecule is CCOC(=O)C(C)(C)Oc1c(C)cc(Cn2cnn(-c3ccc(Br)cc3)c2=O)cc1C. The van der Waals surface area contributed by atoms with Crippen LogP contribution in [-0.4, -0.2) is 32.5 Å². The van der Waals surface area contributed by atoms with Gasteiger partial charge in [0.15, 0.2) is 5.60 Å². The zero-order valence-electron chi connectivity index (χ0n) is 18.3. The topological polar surface area (TPSA) is 75.3 Å². The smallest absolute Gasteiger partial charge is 0.350 e. The maximum atomic E-state index is 12.8. The fraction of sp³-hybridized carbons (Fsp3) is 0.348. The van der Waals surface area contributed by atoms with Crippen LogP contribution in [0.4, 0.5) is 0 Å². The molecule has 0 saturated heterocycles. The van der Waals surface area contributed by atoms with Crippen molar-refractivity contribution in [3.05, 3.63) is 74.4 Å². The summed E-state index contributed by atoms with van der Waals surface area (Å²) in [5.41, 5.74) is 2.07. The second kappa shape index (κ2) is 9.09. The number of carbonyl (C=O) groups is 1. The van der Waals surface area contributed by atoms with Gasteiger partial charge in [-0.15, -0.1) is 0 Å². The molecule has 164 valence electrons. The van der Waals surface area contributed by atoms with Gasteiger partial charge in [0.05, 0.1) is 18.8 Å². The van der Waals surface area contributed by atoms with E-state index in [1.807, 2.05) is 50.2 Å². The number of hydrogen-bond acceptors (Lipinski definition) is 5. The first-order valence-corrected chi connectivity index (χ1v) is 10.8. The molecule has 2 aromatic carbocycles. The largest absolute Gasteiger partial charge is 0.476 e. The number of hydrogen-bond donors (Lipinski definition) is 0. The van der Waals surface area contributed by atoms with Crippen LogP contribution in [0.1, 0.15) is 37.5 Å². The molecule has 3 aromatic rings. The number of aryl methyl sites for hydroxylation is 2. The number of halogens is 1. The molecule has 0 amide bonds. The average Bonchev–Trinajstić information content (AvgIpc) is 3.06. The standard InChI is InChI=1S/C23H26BrN3O4/c1-6-30-21(28)23(4,5)31-20-15(2)11-17(12-16(20)3)13-26-14-25-27(22(26)29)19-9-7-18(24)8-10-19/h7-12,14H,6,13H2,1-5H3. The summed E-state index contributed by atoms with van der Waals surface area (Å²) in [6.45, 7) is 9.65. The van der Waals surface area contributed by atoms with Crippen molar-refractivity contribution in [2.24, 2.45) is 0 Å². The number of esters is 1. The summed E-state index contributed by atoms with van der Waals surface area (Å²) in [7, 11) is 0. The van der Waals surface area contributed by atoms with Crippen LogP contribution in [0.5, 0.6) is 5.75 Å². The Labute approximate surface area is 189 Å². The minimum Gasteiger partial charge on any atom is -0.476 e. The van der Waals surface area contributed by atoms with Crippen molar-refractivity contribution in [1.82, 2.24) is 14.3 Å². The van der Waals surface area contributed by atoms with E-state index in [0.29, 0.717) is 24.6 Å². The highest BCUT2D eigenvalue weighted by Crippen LogP contribution is 2.29. The zero-order valence-corrected chi connectivity index (χ0v) is 19.9. The predicted octanol–water partition coefficient (Wildman–Crippen LogP) is 4.18. The van der Waals surface area contributed by atoms with Gasteiger partial charge in [0.2, 0.25) is 0 Å². The van der Waals surface area contributed by atoms with Crippen LogP contribution in [0, 0.1) is 13.8 Å². The molecule has 0 N–H and O–H groups in total. The molecule has 0 radical (unpaired) electrons. The molecule has 0 unspecified atom stereocenters. The monoisotopic (exact) mass is 487 g/mol. The van der Waals surface area contributed by atoms with Crippen molar-refractivity contribution < 1.29 is 14.3 Å².